The molecule has 0 aromatic heterocycles. The molecule has 0 bridgehead atoms. The highest BCUT2D eigenvalue weighted by Gasteiger charge is 2.31. The molecule has 78 valence electrons. The first kappa shape index (κ1) is 11.2. The number of hydrogen-bond acceptors (Lipinski definition) is 1. The lowest BCUT2D eigenvalue weighted by atomic mass is 10.2. The Hall–Kier alpha value is -0.900. The Morgan fingerprint density at radius 2 is 1.93 bits per heavy atom. The summed E-state index contributed by atoms with van der Waals surface area (Å²) >= 11 is 5.61. The Morgan fingerprint density at radius 1 is 1.29 bits per heavy atom. The second kappa shape index (κ2) is 4.09. The zero-order valence-corrected chi connectivity index (χ0v) is 8.12. The Labute approximate surface area is 84.4 Å². The molecule has 1 aromatic carbocycles. The quantitative estimate of drug-likeness (QED) is 0.743. The van der Waals surface area contributed by atoms with E-state index in [-0.39, 0.29) is 10.8 Å². The molecule has 0 spiro atoms. The molecule has 1 aromatic rings. The van der Waals surface area contributed by atoms with Crippen molar-refractivity contribution in [2.24, 2.45) is 0 Å². The summed E-state index contributed by atoms with van der Waals surface area (Å²) in [6, 6.07) is 4.05. The molecule has 14 heavy (non-hydrogen) atoms. The van der Waals surface area contributed by atoms with Gasteiger partial charge in [-0.3, -0.25) is 0 Å². The SMILES string of the molecule is CCc1cc(Cl)cc(OC(F)(F)F)c1. The molecule has 0 heterocycles. The topological polar surface area (TPSA) is 9.23 Å². The number of benzene rings is 1. The van der Waals surface area contributed by atoms with Gasteiger partial charge in [-0.05, 0) is 30.2 Å². The van der Waals surface area contributed by atoms with Gasteiger partial charge in [0, 0.05) is 5.02 Å². The minimum absolute atomic E-state index is 0.239. The third-order valence-corrected chi connectivity index (χ3v) is 1.79. The molecular formula is C9H8ClF3O. The molecule has 0 amide bonds. The normalized spacial score (nSPS) is 11.5. The van der Waals surface area contributed by atoms with E-state index in [1.807, 2.05) is 6.92 Å². The number of hydrogen-bond donors (Lipinski definition) is 0. The van der Waals surface area contributed by atoms with E-state index in [1.54, 1.807) is 6.07 Å². The maximum absolute atomic E-state index is 11.8. The van der Waals surface area contributed by atoms with E-state index in [9.17, 15) is 13.2 Å². The van der Waals surface area contributed by atoms with Crippen molar-refractivity contribution in [3.63, 3.8) is 0 Å². The lowest BCUT2D eigenvalue weighted by Gasteiger charge is -2.10. The Kier molecular flexibility index (Phi) is 3.26. The van der Waals surface area contributed by atoms with Gasteiger partial charge in [-0.1, -0.05) is 18.5 Å². The molecule has 1 nitrogen and oxygen atoms in total. The van der Waals surface area contributed by atoms with Crippen molar-refractivity contribution in [3.8, 4) is 5.75 Å². The molecule has 0 atom stereocenters. The molecule has 0 saturated carbocycles. The van der Waals surface area contributed by atoms with Gasteiger partial charge >= 0.3 is 6.36 Å². The number of rotatable bonds is 2. The maximum atomic E-state index is 11.8. The van der Waals surface area contributed by atoms with Gasteiger partial charge in [0.1, 0.15) is 5.75 Å². The summed E-state index contributed by atoms with van der Waals surface area (Å²) in [6.45, 7) is 1.82. The zero-order chi connectivity index (χ0) is 10.8. The first-order chi connectivity index (χ1) is 6.40. The van der Waals surface area contributed by atoms with Gasteiger partial charge in [-0.2, -0.15) is 0 Å². The summed E-state index contributed by atoms with van der Waals surface area (Å²) in [7, 11) is 0. The van der Waals surface area contributed by atoms with Gasteiger partial charge in [0.25, 0.3) is 0 Å². The molecule has 0 fully saturated rings. The van der Waals surface area contributed by atoms with Crippen LogP contribution < -0.4 is 4.74 Å². The first-order valence-corrected chi connectivity index (χ1v) is 4.33. The smallest absolute Gasteiger partial charge is 0.406 e. The second-order valence-corrected chi connectivity index (χ2v) is 3.13. The second-order valence-electron chi connectivity index (χ2n) is 2.70. The van der Waals surface area contributed by atoms with Gasteiger partial charge in [-0.25, -0.2) is 0 Å². The van der Waals surface area contributed by atoms with E-state index < -0.39 is 6.36 Å². The van der Waals surface area contributed by atoms with Gasteiger partial charge in [0.15, 0.2) is 0 Å². The predicted molar refractivity (Wildman–Crippen MR) is 47.5 cm³/mol. The lowest BCUT2D eigenvalue weighted by molar-refractivity contribution is -0.274. The van der Waals surface area contributed by atoms with Gasteiger partial charge in [-0.15, -0.1) is 13.2 Å². The van der Waals surface area contributed by atoms with Crippen LogP contribution in [-0.4, -0.2) is 6.36 Å². The fourth-order valence-electron chi connectivity index (χ4n) is 1.02. The van der Waals surface area contributed by atoms with E-state index in [4.69, 9.17) is 11.6 Å². The fraction of sp³-hybridized carbons (Fsp3) is 0.333. The van der Waals surface area contributed by atoms with Gasteiger partial charge in [0.05, 0.1) is 0 Å². The molecule has 0 N–H and O–H groups in total. The summed E-state index contributed by atoms with van der Waals surface area (Å²) < 4.78 is 39.3. The average Bonchev–Trinajstić information content (AvgIpc) is 1.99. The minimum Gasteiger partial charge on any atom is -0.406 e. The molecule has 0 radical (unpaired) electrons. The van der Waals surface area contributed by atoms with Crippen molar-refractivity contribution >= 4 is 11.6 Å². The van der Waals surface area contributed by atoms with E-state index >= 15 is 0 Å². The number of ether oxygens (including phenoxy) is 1. The summed E-state index contributed by atoms with van der Waals surface area (Å²) in [6.07, 6.45) is -4.07. The predicted octanol–water partition coefficient (Wildman–Crippen LogP) is 3.80. The zero-order valence-electron chi connectivity index (χ0n) is 7.36. The molecule has 5 heteroatoms. The van der Waals surface area contributed by atoms with Crippen LogP contribution in [0.2, 0.25) is 5.02 Å². The highest BCUT2D eigenvalue weighted by molar-refractivity contribution is 6.30. The van der Waals surface area contributed by atoms with E-state index in [1.165, 1.54) is 6.07 Å². The van der Waals surface area contributed by atoms with Crippen LogP contribution in [0.5, 0.6) is 5.75 Å². The lowest BCUT2D eigenvalue weighted by Crippen LogP contribution is -2.17. The van der Waals surface area contributed by atoms with Crippen molar-refractivity contribution in [3.05, 3.63) is 28.8 Å². The van der Waals surface area contributed by atoms with Crippen LogP contribution in [0.4, 0.5) is 13.2 Å². The van der Waals surface area contributed by atoms with Crippen LogP contribution in [-0.2, 0) is 6.42 Å². The van der Waals surface area contributed by atoms with Crippen molar-refractivity contribution in [1.29, 1.82) is 0 Å². The van der Waals surface area contributed by atoms with Crippen LogP contribution in [0.15, 0.2) is 18.2 Å². The molecule has 0 unspecified atom stereocenters. The molecule has 1 rings (SSSR count). The summed E-state index contributed by atoms with van der Waals surface area (Å²) in [4.78, 5) is 0. The summed E-state index contributed by atoms with van der Waals surface area (Å²) in [5, 5.41) is 0.239. The molecule has 0 aliphatic heterocycles. The average molecular weight is 225 g/mol. The number of aryl methyl sites for hydroxylation is 1. The third-order valence-electron chi connectivity index (χ3n) is 1.57. The fourth-order valence-corrected chi connectivity index (χ4v) is 1.27. The first-order valence-electron chi connectivity index (χ1n) is 3.96. The third kappa shape index (κ3) is 3.46. The Bertz CT molecular complexity index is 322. The van der Waals surface area contributed by atoms with Crippen molar-refractivity contribution in [1.82, 2.24) is 0 Å². The minimum atomic E-state index is -4.67. The van der Waals surface area contributed by atoms with Crippen molar-refractivity contribution in [2.45, 2.75) is 19.7 Å². The Morgan fingerprint density at radius 3 is 2.43 bits per heavy atom. The maximum Gasteiger partial charge on any atom is 0.573 e. The summed E-state index contributed by atoms with van der Waals surface area (Å²) in [5.41, 5.74) is 0.705. The van der Waals surface area contributed by atoms with Crippen LogP contribution in [0.1, 0.15) is 12.5 Å². The van der Waals surface area contributed by atoms with Crippen LogP contribution in [0.3, 0.4) is 0 Å². The number of halogens is 4. The van der Waals surface area contributed by atoms with E-state index in [0.717, 1.165) is 6.07 Å². The molecule has 0 aliphatic rings. The summed E-state index contributed by atoms with van der Waals surface area (Å²) in [5.74, 6) is -0.276. The monoisotopic (exact) mass is 224 g/mol. The molecule has 0 aliphatic carbocycles. The van der Waals surface area contributed by atoms with Gasteiger partial charge < -0.3 is 4.74 Å². The largest absolute Gasteiger partial charge is 0.573 e. The Balaban J connectivity index is 2.92. The highest BCUT2D eigenvalue weighted by Crippen LogP contribution is 2.27. The number of alkyl halides is 3. The van der Waals surface area contributed by atoms with Crippen LogP contribution in [0.25, 0.3) is 0 Å². The van der Waals surface area contributed by atoms with Crippen LogP contribution in [0, 0.1) is 0 Å². The van der Waals surface area contributed by atoms with Crippen molar-refractivity contribution in [2.75, 3.05) is 0 Å². The molecular weight excluding hydrogens is 217 g/mol. The van der Waals surface area contributed by atoms with E-state index in [0.29, 0.717) is 12.0 Å². The van der Waals surface area contributed by atoms with E-state index in [2.05, 4.69) is 4.74 Å². The van der Waals surface area contributed by atoms with Crippen molar-refractivity contribution < 1.29 is 17.9 Å². The van der Waals surface area contributed by atoms with Crippen LogP contribution >= 0.6 is 11.6 Å². The highest BCUT2D eigenvalue weighted by atomic mass is 35.5. The van der Waals surface area contributed by atoms with Gasteiger partial charge in [0.2, 0.25) is 0 Å². The standard InChI is InChI=1S/C9H8ClF3O/c1-2-6-3-7(10)5-8(4-6)14-9(11,12)13/h3-5H,2H2,1H3. The molecule has 0 saturated heterocycles.